The van der Waals surface area contributed by atoms with Gasteiger partial charge in [0.25, 0.3) is 0 Å². The Kier molecular flexibility index (Phi) is 2.51. The largest absolute Gasteiger partial charge is 0.327 e. The van der Waals surface area contributed by atoms with Crippen molar-refractivity contribution in [2.75, 3.05) is 0 Å². The van der Waals surface area contributed by atoms with Crippen LogP contribution in [-0.4, -0.2) is 6.04 Å². The summed E-state index contributed by atoms with van der Waals surface area (Å²) in [6, 6.07) is 0.270. The van der Waals surface area contributed by atoms with Gasteiger partial charge in [0.05, 0.1) is 0 Å². The summed E-state index contributed by atoms with van der Waals surface area (Å²) >= 11 is 0. The standard InChI is InChI=1S/C15H21N/c1-5-15-9-12(8-11(2)3)6-7-14(15,4)13(16)10-15/h1,6,13H,2,7-10,16H2,3-4H3. The predicted molar refractivity (Wildman–Crippen MR) is 68.7 cm³/mol. The van der Waals surface area contributed by atoms with Crippen LogP contribution in [0.4, 0.5) is 0 Å². The SMILES string of the molecule is C#CC12CC(CC(=C)C)=CCC1(C)C(N)C2. The molecule has 0 spiro atoms. The molecule has 0 bridgehead atoms. The Bertz CT molecular complexity index is 398. The first-order chi connectivity index (χ1) is 7.43. The van der Waals surface area contributed by atoms with Gasteiger partial charge in [0, 0.05) is 16.9 Å². The maximum Gasteiger partial charge on any atom is 0.0435 e. The van der Waals surface area contributed by atoms with Gasteiger partial charge >= 0.3 is 0 Å². The molecule has 86 valence electrons. The van der Waals surface area contributed by atoms with Crippen molar-refractivity contribution < 1.29 is 0 Å². The van der Waals surface area contributed by atoms with Crippen LogP contribution >= 0.6 is 0 Å². The lowest BCUT2D eigenvalue weighted by Gasteiger charge is -2.61. The zero-order chi connectivity index (χ0) is 12.0. The van der Waals surface area contributed by atoms with Gasteiger partial charge in [-0.05, 0) is 32.6 Å². The highest BCUT2D eigenvalue weighted by Crippen LogP contribution is 2.63. The molecule has 0 aliphatic heterocycles. The van der Waals surface area contributed by atoms with Crippen LogP contribution in [0, 0.1) is 23.2 Å². The second-order valence-corrected chi connectivity index (χ2v) is 5.83. The van der Waals surface area contributed by atoms with E-state index in [1.165, 1.54) is 11.1 Å². The molecule has 0 saturated heterocycles. The van der Waals surface area contributed by atoms with E-state index in [1.807, 2.05) is 0 Å². The minimum absolute atomic E-state index is 0.0198. The predicted octanol–water partition coefficient (Wildman–Crippen LogP) is 3.03. The highest BCUT2D eigenvalue weighted by Gasteiger charge is 2.61. The summed E-state index contributed by atoms with van der Waals surface area (Å²) in [5, 5.41) is 0. The third-order valence-electron chi connectivity index (χ3n) is 4.63. The number of allylic oxidation sites excluding steroid dienone is 3. The smallest absolute Gasteiger partial charge is 0.0435 e. The normalized spacial score (nSPS) is 41.4. The molecular formula is C15H21N. The Hall–Kier alpha value is -1.00. The second-order valence-electron chi connectivity index (χ2n) is 5.83. The zero-order valence-corrected chi connectivity index (χ0v) is 10.3. The van der Waals surface area contributed by atoms with E-state index < -0.39 is 0 Å². The molecule has 3 unspecified atom stereocenters. The van der Waals surface area contributed by atoms with E-state index in [-0.39, 0.29) is 16.9 Å². The van der Waals surface area contributed by atoms with E-state index >= 15 is 0 Å². The minimum atomic E-state index is 0.0198. The Morgan fingerprint density at radius 1 is 1.75 bits per heavy atom. The molecule has 2 aliphatic carbocycles. The average Bonchev–Trinajstić information content (AvgIpc) is 2.22. The van der Waals surface area contributed by atoms with Gasteiger partial charge < -0.3 is 5.73 Å². The lowest BCUT2D eigenvalue weighted by molar-refractivity contribution is -0.0467. The monoisotopic (exact) mass is 215 g/mol. The lowest BCUT2D eigenvalue weighted by atomic mass is 9.43. The molecule has 0 radical (unpaired) electrons. The molecule has 0 aromatic carbocycles. The third kappa shape index (κ3) is 1.37. The summed E-state index contributed by atoms with van der Waals surface area (Å²) in [4.78, 5) is 0. The van der Waals surface area contributed by atoms with Gasteiger partial charge in [0.1, 0.15) is 0 Å². The van der Waals surface area contributed by atoms with Gasteiger partial charge in [-0.1, -0.05) is 36.6 Å². The first kappa shape index (κ1) is 11.5. The van der Waals surface area contributed by atoms with Crippen molar-refractivity contribution in [1.29, 1.82) is 0 Å². The molecule has 1 heteroatoms. The van der Waals surface area contributed by atoms with Crippen molar-refractivity contribution >= 4 is 0 Å². The third-order valence-corrected chi connectivity index (χ3v) is 4.63. The van der Waals surface area contributed by atoms with Gasteiger partial charge in [0.2, 0.25) is 0 Å². The Labute approximate surface area is 98.8 Å². The van der Waals surface area contributed by atoms with Crippen LogP contribution < -0.4 is 5.73 Å². The summed E-state index contributed by atoms with van der Waals surface area (Å²) < 4.78 is 0. The van der Waals surface area contributed by atoms with Crippen molar-refractivity contribution in [3.63, 3.8) is 0 Å². The summed E-state index contributed by atoms with van der Waals surface area (Å²) in [5.74, 6) is 3.04. The van der Waals surface area contributed by atoms with Crippen LogP contribution in [0.2, 0.25) is 0 Å². The van der Waals surface area contributed by atoms with Crippen molar-refractivity contribution in [2.24, 2.45) is 16.6 Å². The van der Waals surface area contributed by atoms with E-state index in [9.17, 15) is 0 Å². The Morgan fingerprint density at radius 2 is 2.44 bits per heavy atom. The van der Waals surface area contributed by atoms with Crippen molar-refractivity contribution in [2.45, 2.75) is 45.6 Å². The van der Waals surface area contributed by atoms with E-state index in [0.717, 1.165) is 25.7 Å². The van der Waals surface area contributed by atoms with Gasteiger partial charge in [-0.15, -0.1) is 6.42 Å². The maximum absolute atomic E-state index is 6.13. The molecule has 0 aromatic rings. The number of rotatable bonds is 2. The fourth-order valence-electron chi connectivity index (χ4n) is 3.29. The fourth-order valence-corrected chi connectivity index (χ4v) is 3.29. The van der Waals surface area contributed by atoms with Crippen molar-refractivity contribution in [3.8, 4) is 12.3 Å². The lowest BCUT2D eigenvalue weighted by Crippen LogP contribution is -2.64. The highest BCUT2D eigenvalue weighted by atomic mass is 14.8. The summed E-state index contributed by atoms with van der Waals surface area (Å²) in [7, 11) is 0. The number of fused-ring (bicyclic) bond motifs is 1. The molecule has 0 amide bonds. The number of terminal acetylenes is 1. The quantitative estimate of drug-likeness (QED) is 0.556. The van der Waals surface area contributed by atoms with E-state index in [0.29, 0.717) is 0 Å². The average molecular weight is 215 g/mol. The topological polar surface area (TPSA) is 26.0 Å². The van der Waals surface area contributed by atoms with Gasteiger partial charge in [-0.25, -0.2) is 0 Å². The molecule has 2 rings (SSSR count). The Morgan fingerprint density at radius 3 is 2.94 bits per heavy atom. The fraction of sp³-hybridized carbons (Fsp3) is 0.600. The van der Waals surface area contributed by atoms with E-state index in [1.54, 1.807) is 0 Å². The minimum Gasteiger partial charge on any atom is -0.327 e. The molecule has 3 atom stereocenters. The molecular weight excluding hydrogens is 194 g/mol. The molecule has 1 nitrogen and oxygen atoms in total. The van der Waals surface area contributed by atoms with Gasteiger partial charge in [0.15, 0.2) is 0 Å². The second kappa shape index (κ2) is 3.50. The van der Waals surface area contributed by atoms with Gasteiger partial charge in [-0.3, -0.25) is 0 Å². The molecule has 1 saturated carbocycles. The number of hydrogen-bond acceptors (Lipinski definition) is 1. The summed E-state index contributed by atoms with van der Waals surface area (Å²) in [6.45, 7) is 8.29. The van der Waals surface area contributed by atoms with Crippen LogP contribution in [0.5, 0.6) is 0 Å². The van der Waals surface area contributed by atoms with Crippen LogP contribution in [-0.2, 0) is 0 Å². The number of hydrogen-bond donors (Lipinski definition) is 1. The van der Waals surface area contributed by atoms with Crippen LogP contribution in [0.25, 0.3) is 0 Å². The first-order valence-electron chi connectivity index (χ1n) is 5.99. The molecule has 1 fully saturated rings. The van der Waals surface area contributed by atoms with Crippen molar-refractivity contribution in [1.82, 2.24) is 0 Å². The van der Waals surface area contributed by atoms with E-state index in [4.69, 9.17) is 12.2 Å². The zero-order valence-electron chi connectivity index (χ0n) is 10.3. The van der Waals surface area contributed by atoms with Gasteiger partial charge in [-0.2, -0.15) is 0 Å². The molecule has 2 aliphatic rings. The van der Waals surface area contributed by atoms with E-state index in [2.05, 4.69) is 32.4 Å². The van der Waals surface area contributed by atoms with Crippen molar-refractivity contribution in [3.05, 3.63) is 23.8 Å². The Balaban J connectivity index is 2.24. The molecule has 0 heterocycles. The number of nitrogens with two attached hydrogens (primary N) is 1. The molecule has 2 N–H and O–H groups in total. The molecule has 16 heavy (non-hydrogen) atoms. The highest BCUT2D eigenvalue weighted by molar-refractivity contribution is 5.33. The maximum atomic E-state index is 6.13. The first-order valence-corrected chi connectivity index (χ1v) is 5.99. The van der Waals surface area contributed by atoms with Crippen LogP contribution in [0.15, 0.2) is 23.8 Å². The summed E-state index contributed by atoms with van der Waals surface area (Å²) in [5.41, 5.74) is 8.94. The van der Waals surface area contributed by atoms with Crippen LogP contribution in [0.3, 0.4) is 0 Å². The molecule has 0 aromatic heterocycles. The van der Waals surface area contributed by atoms with Crippen LogP contribution in [0.1, 0.15) is 39.5 Å². The summed E-state index contributed by atoms with van der Waals surface area (Å²) in [6.07, 6.45) is 12.1.